The highest BCUT2D eigenvalue weighted by Gasteiger charge is 2.33. The fraction of sp³-hybridized carbons (Fsp3) is 0.0741. The topological polar surface area (TPSA) is 58.4 Å². The Kier molecular flexibility index (Phi) is 11.9. The van der Waals surface area contributed by atoms with Gasteiger partial charge in [-0.25, -0.2) is 15.0 Å². The molecule has 5 heterocycles. The highest BCUT2D eigenvalue weighted by molar-refractivity contribution is 6.95. The average molecular weight is 1140 g/mol. The lowest BCUT2D eigenvalue weighted by Gasteiger charge is -2.24. The summed E-state index contributed by atoms with van der Waals surface area (Å²) in [6.07, 6.45) is 0. The van der Waals surface area contributed by atoms with Gasteiger partial charge in [0.15, 0.2) is 11.6 Å². The Morgan fingerprint density at radius 3 is 0.888 bits per heavy atom. The van der Waals surface area contributed by atoms with Gasteiger partial charge in [-0.3, -0.25) is 0 Å². The van der Waals surface area contributed by atoms with Crippen molar-refractivity contribution < 1.29 is 0 Å². The molecule has 7 nitrogen and oxygen atoms in total. The summed E-state index contributed by atoms with van der Waals surface area (Å²) in [7, 11) is 0. The number of para-hydroxylation sites is 6. The molecule has 0 aliphatic rings. The van der Waals surface area contributed by atoms with Crippen molar-refractivity contribution in [3.05, 3.63) is 288 Å². The zero-order valence-corrected chi connectivity index (χ0v) is 50.5. The van der Waals surface area contributed by atoms with Gasteiger partial charge in [-0.15, -0.1) is 0 Å². The van der Waals surface area contributed by atoms with Crippen molar-refractivity contribution in [1.29, 1.82) is 0 Å². The lowest BCUT2D eigenvalue weighted by Crippen LogP contribution is -2.58. The van der Waals surface area contributed by atoms with Crippen molar-refractivity contribution >= 4 is 111 Å². The molecule has 0 saturated carbocycles. The predicted molar refractivity (Wildman–Crippen MR) is 374 cm³/mol. The monoisotopic (exact) mass is 1140 g/mol. The summed E-state index contributed by atoms with van der Waals surface area (Å²) < 4.78 is 9.66. The molecule has 12 aromatic carbocycles. The first-order valence-electron chi connectivity index (χ1n) is 30.8. The lowest BCUT2D eigenvalue weighted by atomic mass is 9.37. The molecule has 0 N–H and O–H groups in total. The smallest absolute Gasteiger partial charge is 0.291 e. The molecule has 0 fully saturated rings. The molecule has 0 bridgehead atoms. The van der Waals surface area contributed by atoms with Gasteiger partial charge in [-0.2, -0.15) is 0 Å². The minimum atomic E-state index is -0.307. The fourth-order valence-corrected chi connectivity index (χ4v) is 15.3. The van der Waals surface area contributed by atoms with E-state index in [1.807, 2.05) is 0 Å². The van der Waals surface area contributed by atoms with Gasteiger partial charge in [0.2, 0.25) is 0 Å². The minimum Gasteiger partial charge on any atom is -0.309 e. The quantitative estimate of drug-likeness (QED) is 0.135. The minimum absolute atomic E-state index is 0.307. The first kappa shape index (κ1) is 52.3. The van der Waals surface area contributed by atoms with Crippen molar-refractivity contribution in [2.75, 3.05) is 0 Å². The normalized spacial score (nSPS) is 11.9. The first-order valence-corrected chi connectivity index (χ1v) is 30.8. The van der Waals surface area contributed by atoms with E-state index in [9.17, 15) is 0 Å². The Bertz CT molecular complexity index is 5370. The zero-order chi connectivity index (χ0) is 59.8. The van der Waals surface area contributed by atoms with Crippen LogP contribution in [0.2, 0.25) is 0 Å². The molecular weight excluding hydrogens is 1080 g/mol. The molecule has 0 unspecified atom stereocenters. The van der Waals surface area contributed by atoms with Gasteiger partial charge in [0.1, 0.15) is 5.72 Å². The number of nitrogens with zero attached hydrogens (tertiary/aromatic N) is 7. The number of aromatic nitrogens is 7. The zero-order valence-electron chi connectivity index (χ0n) is 50.5. The van der Waals surface area contributed by atoms with Crippen LogP contribution in [0.25, 0.3) is 133 Å². The Hall–Kier alpha value is -11.1. The van der Waals surface area contributed by atoms with E-state index in [4.69, 9.17) is 15.0 Å². The molecule has 0 spiro atoms. The molecule has 0 aliphatic heterocycles. The molecule has 0 radical (unpaired) electrons. The maximum Gasteiger partial charge on any atom is 0.291 e. The third-order valence-electron chi connectivity index (χ3n) is 18.7. The van der Waals surface area contributed by atoms with Gasteiger partial charge in [-0.1, -0.05) is 202 Å². The highest BCUT2D eigenvalue weighted by atomic mass is 15.0. The van der Waals surface area contributed by atoms with Crippen LogP contribution in [0.5, 0.6) is 0 Å². The summed E-state index contributed by atoms with van der Waals surface area (Å²) in [5, 5.41) is 9.75. The number of fused-ring (bicyclic) bond motifs is 14. The molecule has 17 rings (SSSR count). The maximum atomic E-state index is 5.74. The summed E-state index contributed by atoms with van der Waals surface area (Å²) >= 11 is 0. The molecule has 5 aromatic heterocycles. The van der Waals surface area contributed by atoms with E-state index in [0.717, 1.165) is 55.9 Å². The van der Waals surface area contributed by atoms with E-state index in [1.165, 1.54) is 109 Å². The van der Waals surface area contributed by atoms with Crippen molar-refractivity contribution in [2.24, 2.45) is 0 Å². The molecular formula is C81H60BN7. The van der Waals surface area contributed by atoms with E-state index in [0.29, 0.717) is 17.4 Å². The molecule has 0 atom stereocenters. The Morgan fingerprint density at radius 1 is 0.258 bits per heavy atom. The van der Waals surface area contributed by atoms with Crippen LogP contribution in [0.1, 0.15) is 33.4 Å². The van der Waals surface area contributed by atoms with Crippen LogP contribution in [0, 0.1) is 41.5 Å². The van der Waals surface area contributed by atoms with E-state index < -0.39 is 0 Å². The Morgan fingerprint density at radius 2 is 0.551 bits per heavy atom. The van der Waals surface area contributed by atoms with Crippen LogP contribution >= 0.6 is 0 Å². The third-order valence-corrected chi connectivity index (χ3v) is 18.7. The second-order valence-corrected chi connectivity index (χ2v) is 24.3. The molecule has 0 amide bonds. The van der Waals surface area contributed by atoms with Crippen LogP contribution in [0.15, 0.2) is 255 Å². The summed E-state index contributed by atoms with van der Waals surface area (Å²) in [4.78, 5) is 17.1. The Balaban J connectivity index is 0.896. The van der Waals surface area contributed by atoms with Crippen LogP contribution in [-0.4, -0.2) is 39.9 Å². The van der Waals surface area contributed by atoms with E-state index in [1.54, 1.807) is 0 Å². The summed E-state index contributed by atoms with van der Waals surface area (Å²) in [6, 6.07) is 92.8. The lowest BCUT2D eigenvalue weighted by molar-refractivity contribution is 1.09. The molecule has 17 aromatic rings. The van der Waals surface area contributed by atoms with Gasteiger partial charge in [0, 0.05) is 77.0 Å². The summed E-state index contributed by atoms with van der Waals surface area (Å²) in [5.41, 5.74) is 25.7. The highest BCUT2D eigenvalue weighted by Crippen LogP contribution is 2.45. The number of rotatable bonds is 9. The van der Waals surface area contributed by atoms with Gasteiger partial charge in [0.05, 0.1) is 44.1 Å². The van der Waals surface area contributed by atoms with Gasteiger partial charge < -0.3 is 18.3 Å². The average Bonchev–Trinajstić information content (AvgIpc) is 1.59. The molecule has 0 aliphatic carbocycles. The number of hydrogen-bond acceptors (Lipinski definition) is 3. The standard InChI is InChI=1S/C81H60BN7/c1-49-43-51(3)77(52(4)44-49)82(78-53(5)45-50(2)46-54(78)6)81-84-79(55-23-21-29-59(47-55)88-67-37-19-15-33-63(67)75-71(88)41-39-69-73(75)61-31-13-17-35-65(61)86(69)57-25-9-7-10-26-57)83-80(85-81)56-24-22-30-60(48-56)89-68-38-20-16-34-64(68)76-72(89)42-40-70-74(76)62-32-14-18-36-66(62)87(70)58-27-11-8-12-28-58/h7-48H,1-6H3. The predicted octanol–water partition coefficient (Wildman–Crippen LogP) is 18.0. The second kappa shape index (κ2) is 20.3. The first-order chi connectivity index (χ1) is 43.6. The van der Waals surface area contributed by atoms with Gasteiger partial charge >= 0.3 is 0 Å². The van der Waals surface area contributed by atoms with Crippen LogP contribution < -0.4 is 16.6 Å². The van der Waals surface area contributed by atoms with Gasteiger partial charge in [0.25, 0.3) is 6.71 Å². The van der Waals surface area contributed by atoms with Crippen molar-refractivity contribution in [3.8, 4) is 45.5 Å². The van der Waals surface area contributed by atoms with Crippen molar-refractivity contribution in [2.45, 2.75) is 41.5 Å². The molecule has 422 valence electrons. The third kappa shape index (κ3) is 8.10. The molecule has 0 saturated heterocycles. The van der Waals surface area contributed by atoms with E-state index >= 15 is 0 Å². The van der Waals surface area contributed by atoms with Crippen LogP contribution in [0.3, 0.4) is 0 Å². The number of hydrogen-bond donors (Lipinski definition) is 0. The largest absolute Gasteiger partial charge is 0.309 e. The molecule has 89 heavy (non-hydrogen) atoms. The second-order valence-electron chi connectivity index (χ2n) is 24.3. The van der Waals surface area contributed by atoms with E-state index in [2.05, 4.69) is 315 Å². The Labute approximate surface area is 516 Å². The maximum absolute atomic E-state index is 5.74. The van der Waals surface area contributed by atoms with Crippen molar-refractivity contribution in [3.63, 3.8) is 0 Å². The van der Waals surface area contributed by atoms with Crippen LogP contribution in [-0.2, 0) is 0 Å². The van der Waals surface area contributed by atoms with Gasteiger partial charge in [-0.05, 0) is 139 Å². The summed E-state index contributed by atoms with van der Waals surface area (Å²) in [6.45, 7) is 13.0. The van der Waals surface area contributed by atoms with Crippen molar-refractivity contribution in [1.82, 2.24) is 33.2 Å². The summed E-state index contributed by atoms with van der Waals surface area (Å²) in [5.74, 6) is 1.21. The number of benzene rings is 12. The SMILES string of the molecule is Cc1cc(C)c(B(c2nc(-c3cccc(-n4c5ccccc5c5c6c7ccccc7n(-c7ccccc7)c6ccc54)c3)nc(-c3cccc(-n4c5ccccc5c5c6c7ccccc7n(-c7ccccc7)c6ccc54)c3)n2)c2c(C)cc(C)cc2C)c(C)c1. The number of aryl methyl sites for hydroxylation is 6. The van der Waals surface area contributed by atoms with Crippen LogP contribution in [0.4, 0.5) is 0 Å². The molecule has 8 heteroatoms. The van der Waals surface area contributed by atoms with E-state index in [-0.39, 0.29) is 6.71 Å². The fourth-order valence-electron chi connectivity index (χ4n) is 15.3.